The Morgan fingerprint density at radius 1 is 1.23 bits per heavy atom. The number of rotatable bonds is 5. The summed E-state index contributed by atoms with van der Waals surface area (Å²) in [5.74, 6) is -0.249. The van der Waals surface area contributed by atoms with Crippen LogP contribution in [0.5, 0.6) is 0 Å². The van der Waals surface area contributed by atoms with Crippen molar-refractivity contribution >= 4 is 12.0 Å². The van der Waals surface area contributed by atoms with Crippen LogP contribution in [0.4, 0.5) is 4.79 Å². The van der Waals surface area contributed by atoms with E-state index in [9.17, 15) is 9.59 Å². The molecule has 0 bridgehead atoms. The van der Waals surface area contributed by atoms with Gasteiger partial charge in [0, 0.05) is 19.0 Å². The second-order valence-corrected chi connectivity index (χ2v) is 5.20. The van der Waals surface area contributed by atoms with Crippen molar-refractivity contribution in [3.63, 3.8) is 0 Å². The van der Waals surface area contributed by atoms with Gasteiger partial charge in [0.25, 0.3) is 0 Å². The van der Waals surface area contributed by atoms with E-state index in [4.69, 9.17) is 9.57 Å². The molecule has 120 valence electrons. The van der Waals surface area contributed by atoms with Crippen molar-refractivity contribution < 1.29 is 19.2 Å². The maximum atomic E-state index is 12.0. The van der Waals surface area contributed by atoms with Gasteiger partial charge in [0.1, 0.15) is 0 Å². The van der Waals surface area contributed by atoms with Gasteiger partial charge in [-0.3, -0.25) is 9.63 Å². The summed E-state index contributed by atoms with van der Waals surface area (Å²) in [4.78, 5) is 30.5. The molecule has 22 heavy (non-hydrogen) atoms. The van der Waals surface area contributed by atoms with Gasteiger partial charge in [-0.25, -0.2) is 10.3 Å². The van der Waals surface area contributed by atoms with Crippen LogP contribution < -0.4 is 5.48 Å². The molecule has 1 fully saturated rings. The summed E-state index contributed by atoms with van der Waals surface area (Å²) in [5, 5.41) is 0. The van der Waals surface area contributed by atoms with Gasteiger partial charge in [-0.15, -0.1) is 0 Å². The van der Waals surface area contributed by atoms with Gasteiger partial charge in [-0.1, -0.05) is 30.3 Å². The second kappa shape index (κ2) is 8.38. The maximum absolute atomic E-state index is 12.0. The van der Waals surface area contributed by atoms with Gasteiger partial charge < -0.3 is 9.64 Å². The molecule has 1 heterocycles. The van der Waals surface area contributed by atoms with Crippen LogP contribution in [-0.4, -0.2) is 36.6 Å². The highest BCUT2D eigenvalue weighted by Crippen LogP contribution is 2.18. The summed E-state index contributed by atoms with van der Waals surface area (Å²) in [6.07, 6.45) is 0.945. The SMILES string of the molecule is CCOC(=O)N1CCC(C(=O)NOCc2ccccc2)CC1. The Morgan fingerprint density at radius 2 is 1.91 bits per heavy atom. The second-order valence-electron chi connectivity index (χ2n) is 5.20. The van der Waals surface area contributed by atoms with Crippen molar-refractivity contribution in [2.75, 3.05) is 19.7 Å². The molecule has 1 aromatic rings. The molecule has 6 heteroatoms. The van der Waals surface area contributed by atoms with Crippen molar-refractivity contribution in [1.29, 1.82) is 0 Å². The van der Waals surface area contributed by atoms with Crippen LogP contribution in [0.15, 0.2) is 30.3 Å². The number of hydroxylamine groups is 1. The monoisotopic (exact) mass is 306 g/mol. The lowest BCUT2D eigenvalue weighted by Gasteiger charge is -2.30. The van der Waals surface area contributed by atoms with E-state index < -0.39 is 0 Å². The predicted molar refractivity (Wildman–Crippen MR) is 80.7 cm³/mol. The van der Waals surface area contributed by atoms with Crippen LogP contribution in [0.3, 0.4) is 0 Å². The zero-order valence-electron chi connectivity index (χ0n) is 12.8. The molecule has 6 nitrogen and oxygen atoms in total. The van der Waals surface area contributed by atoms with Gasteiger partial charge in [-0.2, -0.15) is 0 Å². The number of carbonyl (C=O) groups excluding carboxylic acids is 2. The molecule has 0 saturated carbocycles. The summed E-state index contributed by atoms with van der Waals surface area (Å²) < 4.78 is 4.95. The van der Waals surface area contributed by atoms with E-state index in [0.29, 0.717) is 39.1 Å². The molecule has 0 atom stereocenters. The first kappa shape index (κ1) is 16.3. The van der Waals surface area contributed by atoms with Crippen LogP contribution in [0, 0.1) is 5.92 Å². The Morgan fingerprint density at radius 3 is 2.55 bits per heavy atom. The van der Waals surface area contributed by atoms with E-state index in [1.54, 1.807) is 11.8 Å². The molecule has 2 amide bonds. The number of nitrogens with one attached hydrogen (secondary N) is 1. The number of piperidine rings is 1. The number of hydrogen-bond acceptors (Lipinski definition) is 4. The molecule has 1 saturated heterocycles. The topological polar surface area (TPSA) is 67.9 Å². The molecular formula is C16H22N2O4. The summed E-state index contributed by atoms with van der Waals surface area (Å²) in [5.41, 5.74) is 3.50. The van der Waals surface area contributed by atoms with Crippen molar-refractivity contribution in [2.24, 2.45) is 5.92 Å². The molecule has 0 aliphatic carbocycles. The first-order valence-electron chi connectivity index (χ1n) is 7.58. The molecule has 0 radical (unpaired) electrons. The third-order valence-electron chi connectivity index (χ3n) is 3.65. The number of hydrogen-bond donors (Lipinski definition) is 1. The van der Waals surface area contributed by atoms with Crippen molar-refractivity contribution in [3.8, 4) is 0 Å². The molecule has 1 aliphatic rings. The van der Waals surface area contributed by atoms with E-state index in [-0.39, 0.29) is 17.9 Å². The fourth-order valence-electron chi connectivity index (χ4n) is 2.39. The van der Waals surface area contributed by atoms with E-state index >= 15 is 0 Å². The fourth-order valence-corrected chi connectivity index (χ4v) is 2.39. The minimum atomic E-state index is -0.304. The van der Waals surface area contributed by atoms with E-state index in [0.717, 1.165) is 5.56 Å². The Labute approximate surface area is 130 Å². The first-order valence-corrected chi connectivity index (χ1v) is 7.58. The van der Waals surface area contributed by atoms with Crippen LogP contribution in [0.1, 0.15) is 25.3 Å². The Bertz CT molecular complexity index is 484. The van der Waals surface area contributed by atoms with E-state index in [2.05, 4.69) is 5.48 Å². The van der Waals surface area contributed by atoms with Crippen LogP contribution in [0.2, 0.25) is 0 Å². The van der Waals surface area contributed by atoms with Crippen LogP contribution in [0.25, 0.3) is 0 Å². The van der Waals surface area contributed by atoms with Gasteiger partial charge in [-0.05, 0) is 25.3 Å². The molecule has 1 aliphatic heterocycles. The summed E-state index contributed by atoms with van der Waals surface area (Å²) >= 11 is 0. The van der Waals surface area contributed by atoms with Gasteiger partial charge in [0.15, 0.2) is 0 Å². The highest BCUT2D eigenvalue weighted by molar-refractivity contribution is 5.78. The minimum Gasteiger partial charge on any atom is -0.450 e. The largest absolute Gasteiger partial charge is 0.450 e. The third-order valence-corrected chi connectivity index (χ3v) is 3.65. The van der Waals surface area contributed by atoms with Crippen LogP contribution >= 0.6 is 0 Å². The lowest BCUT2D eigenvalue weighted by Crippen LogP contribution is -2.43. The molecule has 2 rings (SSSR count). The molecule has 0 spiro atoms. The Balaban J connectivity index is 1.68. The van der Waals surface area contributed by atoms with Gasteiger partial charge >= 0.3 is 6.09 Å². The van der Waals surface area contributed by atoms with E-state index in [1.807, 2.05) is 30.3 Å². The Kier molecular flexibility index (Phi) is 6.21. The van der Waals surface area contributed by atoms with Crippen molar-refractivity contribution in [1.82, 2.24) is 10.4 Å². The number of carbonyl (C=O) groups is 2. The highest BCUT2D eigenvalue weighted by Gasteiger charge is 2.27. The number of likely N-dealkylation sites (tertiary alicyclic amines) is 1. The number of ether oxygens (including phenoxy) is 1. The van der Waals surface area contributed by atoms with Crippen molar-refractivity contribution in [3.05, 3.63) is 35.9 Å². The van der Waals surface area contributed by atoms with Gasteiger partial charge in [0.05, 0.1) is 13.2 Å². The fraction of sp³-hybridized carbons (Fsp3) is 0.500. The average molecular weight is 306 g/mol. The smallest absolute Gasteiger partial charge is 0.409 e. The van der Waals surface area contributed by atoms with E-state index in [1.165, 1.54) is 0 Å². The summed E-state index contributed by atoms with van der Waals surface area (Å²) in [6.45, 7) is 3.56. The zero-order valence-corrected chi connectivity index (χ0v) is 12.8. The van der Waals surface area contributed by atoms with Gasteiger partial charge in [0.2, 0.25) is 5.91 Å². The maximum Gasteiger partial charge on any atom is 0.409 e. The molecule has 1 aromatic carbocycles. The number of nitrogens with zero attached hydrogens (tertiary/aromatic N) is 1. The summed E-state index contributed by atoms with van der Waals surface area (Å²) in [7, 11) is 0. The highest BCUT2D eigenvalue weighted by atomic mass is 16.6. The molecule has 0 aromatic heterocycles. The first-order chi connectivity index (χ1) is 10.7. The quantitative estimate of drug-likeness (QED) is 0.846. The Hall–Kier alpha value is -2.08. The normalized spacial score (nSPS) is 15.4. The molecular weight excluding hydrogens is 284 g/mol. The number of benzene rings is 1. The number of amides is 2. The lowest BCUT2D eigenvalue weighted by molar-refractivity contribution is -0.140. The standard InChI is InChI=1S/C16H22N2O4/c1-2-21-16(20)18-10-8-14(9-11-18)15(19)17-22-12-13-6-4-3-5-7-13/h3-7,14H,2,8-12H2,1H3,(H,17,19). The summed E-state index contributed by atoms with van der Waals surface area (Å²) in [6, 6.07) is 9.64. The average Bonchev–Trinajstić information content (AvgIpc) is 2.56. The predicted octanol–water partition coefficient (Wildman–Crippen LogP) is 2.10. The minimum absolute atomic E-state index is 0.124. The lowest BCUT2D eigenvalue weighted by atomic mass is 9.96. The van der Waals surface area contributed by atoms with Crippen molar-refractivity contribution in [2.45, 2.75) is 26.4 Å². The van der Waals surface area contributed by atoms with Crippen LogP contribution in [-0.2, 0) is 21.0 Å². The molecule has 1 N–H and O–H groups in total. The zero-order chi connectivity index (χ0) is 15.8. The third kappa shape index (κ3) is 4.73. The molecule has 0 unspecified atom stereocenters.